The van der Waals surface area contributed by atoms with Gasteiger partial charge in [-0.15, -0.1) is 0 Å². The van der Waals surface area contributed by atoms with Gasteiger partial charge in [0.15, 0.2) is 0 Å². The van der Waals surface area contributed by atoms with Crippen molar-refractivity contribution in [3.05, 3.63) is 41.2 Å². The quantitative estimate of drug-likeness (QED) is 0.842. The Bertz CT molecular complexity index is 533. The van der Waals surface area contributed by atoms with Crippen LogP contribution in [-0.2, 0) is 13.0 Å². The Morgan fingerprint density at radius 2 is 2.06 bits per heavy atom. The van der Waals surface area contributed by atoms with Gasteiger partial charge in [0.1, 0.15) is 5.82 Å². The molecule has 0 radical (unpaired) electrons. The molecular formula is C13H13ClN2O. The fraction of sp³-hybridized carbons (Fsp3) is 0.308. The molecule has 1 N–H and O–H groups in total. The molecule has 0 aliphatic carbocycles. The molecule has 1 aliphatic rings. The van der Waals surface area contributed by atoms with Gasteiger partial charge in [0.2, 0.25) is 0 Å². The summed E-state index contributed by atoms with van der Waals surface area (Å²) in [6.07, 6.45) is 3.35. The predicted molar refractivity (Wildman–Crippen MR) is 67.0 cm³/mol. The fourth-order valence-corrected chi connectivity index (χ4v) is 2.39. The van der Waals surface area contributed by atoms with Crippen LogP contribution in [0.2, 0.25) is 5.02 Å². The molecule has 3 nitrogen and oxygen atoms in total. The lowest BCUT2D eigenvalue weighted by Gasteiger charge is -2.21. The minimum atomic E-state index is -0.261. The van der Waals surface area contributed by atoms with Crippen molar-refractivity contribution < 1.29 is 5.11 Å². The highest BCUT2D eigenvalue weighted by molar-refractivity contribution is 6.30. The summed E-state index contributed by atoms with van der Waals surface area (Å²) >= 11 is 5.87. The summed E-state index contributed by atoms with van der Waals surface area (Å²) in [7, 11) is 0. The molecule has 1 atom stereocenters. The molecule has 88 valence electrons. The average molecular weight is 249 g/mol. The molecular weight excluding hydrogens is 236 g/mol. The SMILES string of the molecule is OC1CCc2cnc(-c3ccc(Cl)cc3)n2C1. The average Bonchev–Trinajstić information content (AvgIpc) is 2.73. The van der Waals surface area contributed by atoms with Crippen LogP contribution in [0.4, 0.5) is 0 Å². The topological polar surface area (TPSA) is 38.1 Å². The zero-order chi connectivity index (χ0) is 11.8. The normalized spacial score (nSPS) is 19.1. The van der Waals surface area contributed by atoms with E-state index < -0.39 is 0 Å². The van der Waals surface area contributed by atoms with Gasteiger partial charge in [-0.25, -0.2) is 4.98 Å². The van der Waals surface area contributed by atoms with Crippen LogP contribution < -0.4 is 0 Å². The van der Waals surface area contributed by atoms with E-state index >= 15 is 0 Å². The van der Waals surface area contributed by atoms with Crippen LogP contribution in [0.1, 0.15) is 12.1 Å². The van der Waals surface area contributed by atoms with E-state index in [1.165, 1.54) is 5.69 Å². The maximum absolute atomic E-state index is 9.72. The lowest BCUT2D eigenvalue weighted by molar-refractivity contribution is 0.132. The third kappa shape index (κ3) is 1.96. The fourth-order valence-electron chi connectivity index (χ4n) is 2.26. The zero-order valence-electron chi connectivity index (χ0n) is 9.31. The molecule has 0 fully saturated rings. The van der Waals surface area contributed by atoms with Crippen molar-refractivity contribution >= 4 is 11.6 Å². The molecule has 0 saturated carbocycles. The van der Waals surface area contributed by atoms with E-state index in [1.54, 1.807) is 0 Å². The largest absolute Gasteiger partial charge is 0.391 e. The molecule has 3 rings (SSSR count). The van der Waals surface area contributed by atoms with Crippen LogP contribution in [0.25, 0.3) is 11.4 Å². The van der Waals surface area contributed by atoms with Crippen LogP contribution in [0.5, 0.6) is 0 Å². The van der Waals surface area contributed by atoms with Crippen LogP contribution in [0, 0.1) is 0 Å². The molecule has 1 aromatic carbocycles. The molecule has 0 saturated heterocycles. The van der Waals surface area contributed by atoms with E-state index in [-0.39, 0.29) is 6.10 Å². The Balaban J connectivity index is 2.04. The molecule has 1 aromatic heterocycles. The molecule has 2 heterocycles. The minimum absolute atomic E-state index is 0.261. The van der Waals surface area contributed by atoms with E-state index in [1.807, 2.05) is 30.5 Å². The van der Waals surface area contributed by atoms with Crippen molar-refractivity contribution in [1.82, 2.24) is 9.55 Å². The van der Waals surface area contributed by atoms with Gasteiger partial charge >= 0.3 is 0 Å². The molecule has 2 aromatic rings. The first kappa shape index (κ1) is 10.8. The van der Waals surface area contributed by atoms with Gasteiger partial charge in [-0.2, -0.15) is 0 Å². The Morgan fingerprint density at radius 3 is 2.82 bits per heavy atom. The highest BCUT2D eigenvalue weighted by Gasteiger charge is 2.20. The van der Waals surface area contributed by atoms with Gasteiger partial charge in [-0.3, -0.25) is 0 Å². The number of aliphatic hydroxyl groups is 1. The predicted octanol–water partition coefficient (Wildman–Crippen LogP) is 2.51. The van der Waals surface area contributed by atoms with Crippen molar-refractivity contribution in [2.75, 3.05) is 0 Å². The van der Waals surface area contributed by atoms with E-state index in [9.17, 15) is 5.11 Å². The Labute approximate surface area is 105 Å². The van der Waals surface area contributed by atoms with Crippen molar-refractivity contribution in [2.45, 2.75) is 25.5 Å². The molecule has 17 heavy (non-hydrogen) atoms. The first-order valence-electron chi connectivity index (χ1n) is 5.72. The third-order valence-corrected chi connectivity index (χ3v) is 3.42. The summed E-state index contributed by atoms with van der Waals surface area (Å²) in [6, 6.07) is 7.63. The first-order chi connectivity index (χ1) is 8.24. The van der Waals surface area contributed by atoms with Crippen molar-refractivity contribution in [3.8, 4) is 11.4 Å². The summed E-state index contributed by atoms with van der Waals surface area (Å²) in [5.74, 6) is 0.912. The number of halogens is 1. The number of aliphatic hydroxyl groups excluding tert-OH is 1. The summed E-state index contributed by atoms with van der Waals surface area (Å²) < 4.78 is 2.09. The van der Waals surface area contributed by atoms with Crippen LogP contribution in [0.15, 0.2) is 30.5 Å². The number of aryl methyl sites for hydroxylation is 1. The highest BCUT2D eigenvalue weighted by Crippen LogP contribution is 2.25. The molecule has 0 spiro atoms. The summed E-state index contributed by atoms with van der Waals surface area (Å²) in [4.78, 5) is 4.44. The minimum Gasteiger partial charge on any atom is -0.391 e. The van der Waals surface area contributed by atoms with E-state index in [4.69, 9.17) is 11.6 Å². The number of nitrogens with zero attached hydrogens (tertiary/aromatic N) is 2. The van der Waals surface area contributed by atoms with Crippen LogP contribution in [-0.4, -0.2) is 20.8 Å². The maximum atomic E-state index is 9.72. The van der Waals surface area contributed by atoms with Gasteiger partial charge in [0, 0.05) is 22.5 Å². The van der Waals surface area contributed by atoms with Crippen LogP contribution >= 0.6 is 11.6 Å². The van der Waals surface area contributed by atoms with E-state index in [0.29, 0.717) is 6.54 Å². The second kappa shape index (κ2) is 4.17. The lowest BCUT2D eigenvalue weighted by atomic mass is 10.1. The smallest absolute Gasteiger partial charge is 0.140 e. The Kier molecular flexibility index (Phi) is 2.65. The van der Waals surface area contributed by atoms with E-state index in [2.05, 4.69) is 9.55 Å². The van der Waals surface area contributed by atoms with Crippen molar-refractivity contribution in [2.24, 2.45) is 0 Å². The van der Waals surface area contributed by atoms with Gasteiger partial charge in [0.05, 0.1) is 12.6 Å². The molecule has 0 amide bonds. The number of aromatic nitrogens is 2. The summed E-state index contributed by atoms with van der Waals surface area (Å²) in [6.45, 7) is 0.632. The van der Waals surface area contributed by atoms with Gasteiger partial charge < -0.3 is 9.67 Å². The van der Waals surface area contributed by atoms with Gasteiger partial charge in [0.25, 0.3) is 0 Å². The Hall–Kier alpha value is -1.32. The summed E-state index contributed by atoms with van der Waals surface area (Å²) in [5, 5.41) is 10.4. The number of hydrogen-bond donors (Lipinski definition) is 1. The zero-order valence-corrected chi connectivity index (χ0v) is 10.1. The molecule has 1 aliphatic heterocycles. The van der Waals surface area contributed by atoms with Crippen LogP contribution in [0.3, 0.4) is 0 Å². The van der Waals surface area contributed by atoms with Crippen molar-refractivity contribution in [3.63, 3.8) is 0 Å². The monoisotopic (exact) mass is 248 g/mol. The molecule has 4 heteroatoms. The van der Waals surface area contributed by atoms with Gasteiger partial charge in [-0.05, 0) is 37.1 Å². The van der Waals surface area contributed by atoms with E-state index in [0.717, 1.165) is 29.3 Å². The second-order valence-electron chi connectivity index (χ2n) is 4.38. The first-order valence-corrected chi connectivity index (χ1v) is 6.10. The number of rotatable bonds is 1. The molecule has 1 unspecified atom stereocenters. The second-order valence-corrected chi connectivity index (χ2v) is 4.82. The Morgan fingerprint density at radius 1 is 1.29 bits per heavy atom. The number of fused-ring (bicyclic) bond motifs is 1. The number of imidazole rings is 1. The summed E-state index contributed by atoms with van der Waals surface area (Å²) in [5.41, 5.74) is 2.23. The standard InChI is InChI=1S/C13H13ClN2O/c14-10-3-1-9(2-4-10)13-15-7-11-5-6-12(17)8-16(11)13/h1-4,7,12,17H,5-6,8H2. The third-order valence-electron chi connectivity index (χ3n) is 3.17. The lowest BCUT2D eigenvalue weighted by Crippen LogP contribution is -2.24. The number of hydrogen-bond acceptors (Lipinski definition) is 2. The maximum Gasteiger partial charge on any atom is 0.140 e. The number of benzene rings is 1. The van der Waals surface area contributed by atoms with Crippen molar-refractivity contribution in [1.29, 1.82) is 0 Å². The highest BCUT2D eigenvalue weighted by atomic mass is 35.5. The van der Waals surface area contributed by atoms with Gasteiger partial charge in [-0.1, -0.05) is 11.6 Å². The molecule has 0 bridgehead atoms.